The van der Waals surface area contributed by atoms with Crippen molar-refractivity contribution in [3.63, 3.8) is 0 Å². The summed E-state index contributed by atoms with van der Waals surface area (Å²) in [7, 11) is 0. The summed E-state index contributed by atoms with van der Waals surface area (Å²) in [6, 6.07) is 22.1. The number of benzene rings is 3. The van der Waals surface area contributed by atoms with Crippen molar-refractivity contribution in [1.29, 1.82) is 0 Å². The predicted octanol–water partition coefficient (Wildman–Crippen LogP) is 7.47. The van der Waals surface area contributed by atoms with Crippen LogP contribution in [0.4, 0.5) is 11.4 Å². The van der Waals surface area contributed by atoms with Gasteiger partial charge in [0, 0.05) is 26.7 Å². The standard InChI is InChI=1S/C23H18BrNS/c1-23(2)19-13-15(24)7-9-17(19)18-10-8-16(14-20(18)23)25-11-12-26-22-6-4-3-5-21(22)25/h3-14H,1-2H3. The van der Waals surface area contributed by atoms with E-state index in [9.17, 15) is 0 Å². The van der Waals surface area contributed by atoms with Gasteiger partial charge in [0.1, 0.15) is 0 Å². The molecule has 1 aliphatic carbocycles. The van der Waals surface area contributed by atoms with E-state index in [1.54, 1.807) is 11.8 Å². The highest BCUT2D eigenvalue weighted by molar-refractivity contribution is 9.10. The molecule has 0 saturated carbocycles. The van der Waals surface area contributed by atoms with Crippen molar-refractivity contribution in [2.24, 2.45) is 0 Å². The van der Waals surface area contributed by atoms with Crippen molar-refractivity contribution >= 4 is 39.1 Å². The average Bonchev–Trinajstić information content (AvgIpc) is 2.88. The summed E-state index contributed by atoms with van der Waals surface area (Å²) in [4.78, 5) is 3.59. The van der Waals surface area contributed by atoms with Gasteiger partial charge in [-0.3, -0.25) is 0 Å². The Kier molecular flexibility index (Phi) is 3.60. The van der Waals surface area contributed by atoms with Gasteiger partial charge in [0.25, 0.3) is 0 Å². The van der Waals surface area contributed by atoms with E-state index in [4.69, 9.17) is 0 Å². The van der Waals surface area contributed by atoms with Gasteiger partial charge in [-0.1, -0.05) is 65.8 Å². The van der Waals surface area contributed by atoms with Crippen LogP contribution in [0.5, 0.6) is 0 Å². The Morgan fingerprint density at radius 3 is 2.46 bits per heavy atom. The summed E-state index contributed by atoms with van der Waals surface area (Å²) in [5, 5.41) is 2.16. The third kappa shape index (κ3) is 2.30. The minimum Gasteiger partial charge on any atom is -0.316 e. The minimum atomic E-state index is -0.00176. The second-order valence-electron chi connectivity index (χ2n) is 7.29. The molecule has 3 aromatic carbocycles. The lowest BCUT2D eigenvalue weighted by atomic mass is 9.82. The van der Waals surface area contributed by atoms with Crippen molar-refractivity contribution in [1.82, 2.24) is 0 Å². The molecule has 0 saturated heterocycles. The molecule has 0 amide bonds. The molecular weight excluding hydrogens is 402 g/mol. The quantitative estimate of drug-likeness (QED) is 0.402. The summed E-state index contributed by atoms with van der Waals surface area (Å²) >= 11 is 5.41. The van der Waals surface area contributed by atoms with Gasteiger partial charge in [-0.25, -0.2) is 0 Å². The van der Waals surface area contributed by atoms with Crippen molar-refractivity contribution < 1.29 is 0 Å². The van der Waals surface area contributed by atoms with Crippen LogP contribution >= 0.6 is 27.7 Å². The lowest BCUT2D eigenvalue weighted by Gasteiger charge is -2.28. The smallest absolute Gasteiger partial charge is 0.0594 e. The molecular formula is C23H18BrNS. The number of para-hydroxylation sites is 1. The van der Waals surface area contributed by atoms with Gasteiger partial charge in [0.15, 0.2) is 0 Å². The molecule has 1 nitrogen and oxygen atoms in total. The van der Waals surface area contributed by atoms with E-state index in [1.165, 1.54) is 38.5 Å². The fraction of sp³-hybridized carbons (Fsp3) is 0.130. The molecule has 1 aliphatic heterocycles. The highest BCUT2D eigenvalue weighted by atomic mass is 79.9. The fourth-order valence-corrected chi connectivity index (χ4v) is 5.21. The molecule has 3 aromatic rings. The van der Waals surface area contributed by atoms with Gasteiger partial charge in [-0.05, 0) is 64.1 Å². The Bertz CT molecular complexity index is 1070. The van der Waals surface area contributed by atoms with E-state index in [2.05, 4.69) is 107 Å². The zero-order valence-corrected chi connectivity index (χ0v) is 17.1. The summed E-state index contributed by atoms with van der Waals surface area (Å²) in [6.07, 6.45) is 2.17. The number of hydrogen-bond acceptors (Lipinski definition) is 2. The van der Waals surface area contributed by atoms with E-state index >= 15 is 0 Å². The van der Waals surface area contributed by atoms with Crippen molar-refractivity contribution in [2.45, 2.75) is 24.2 Å². The van der Waals surface area contributed by atoms with E-state index in [-0.39, 0.29) is 5.41 Å². The van der Waals surface area contributed by atoms with Gasteiger partial charge in [-0.15, -0.1) is 0 Å². The van der Waals surface area contributed by atoms with Crippen LogP contribution in [-0.4, -0.2) is 0 Å². The number of fused-ring (bicyclic) bond motifs is 4. The third-order valence-electron chi connectivity index (χ3n) is 5.43. The molecule has 0 bridgehead atoms. The van der Waals surface area contributed by atoms with Gasteiger partial charge in [-0.2, -0.15) is 0 Å². The van der Waals surface area contributed by atoms with Crippen LogP contribution in [0.15, 0.2) is 81.6 Å². The molecule has 0 atom stereocenters. The molecule has 5 rings (SSSR count). The molecule has 0 spiro atoms. The van der Waals surface area contributed by atoms with Crippen LogP contribution in [0.3, 0.4) is 0 Å². The van der Waals surface area contributed by atoms with E-state index in [0.717, 1.165) is 4.47 Å². The van der Waals surface area contributed by atoms with E-state index < -0.39 is 0 Å². The van der Waals surface area contributed by atoms with Gasteiger partial charge >= 0.3 is 0 Å². The van der Waals surface area contributed by atoms with Crippen LogP contribution in [0.25, 0.3) is 11.1 Å². The molecule has 0 fully saturated rings. The maximum Gasteiger partial charge on any atom is 0.0594 e. The minimum absolute atomic E-state index is 0.00176. The summed E-state index contributed by atoms with van der Waals surface area (Å²) in [6.45, 7) is 4.65. The first-order valence-corrected chi connectivity index (χ1v) is 10.4. The zero-order chi connectivity index (χ0) is 17.9. The topological polar surface area (TPSA) is 3.24 Å². The lowest BCUT2D eigenvalue weighted by Crippen LogP contribution is -2.17. The van der Waals surface area contributed by atoms with Gasteiger partial charge in [0.05, 0.1) is 5.69 Å². The Labute approximate surface area is 166 Å². The number of thioether (sulfide) groups is 1. The van der Waals surface area contributed by atoms with Crippen LogP contribution in [-0.2, 0) is 5.41 Å². The third-order valence-corrected chi connectivity index (χ3v) is 6.78. The molecule has 26 heavy (non-hydrogen) atoms. The average molecular weight is 420 g/mol. The summed E-state index contributed by atoms with van der Waals surface area (Å²) < 4.78 is 1.14. The number of nitrogens with zero attached hydrogens (tertiary/aromatic N) is 1. The van der Waals surface area contributed by atoms with Crippen LogP contribution in [0.1, 0.15) is 25.0 Å². The van der Waals surface area contributed by atoms with E-state index in [1.807, 2.05) is 0 Å². The van der Waals surface area contributed by atoms with Crippen molar-refractivity contribution in [3.8, 4) is 11.1 Å². The van der Waals surface area contributed by atoms with Crippen LogP contribution in [0.2, 0.25) is 0 Å². The maximum absolute atomic E-state index is 3.64. The van der Waals surface area contributed by atoms with Crippen molar-refractivity contribution in [2.75, 3.05) is 4.90 Å². The highest BCUT2D eigenvalue weighted by Gasteiger charge is 2.36. The Morgan fingerprint density at radius 1 is 0.885 bits per heavy atom. The lowest BCUT2D eigenvalue weighted by molar-refractivity contribution is 0.660. The normalized spacial score (nSPS) is 16.2. The SMILES string of the molecule is CC1(C)c2cc(Br)ccc2-c2ccc(N3C=CSc4ccccc43)cc21. The Morgan fingerprint density at radius 2 is 1.62 bits per heavy atom. The first-order valence-electron chi connectivity index (χ1n) is 8.72. The van der Waals surface area contributed by atoms with Crippen molar-refractivity contribution in [3.05, 3.63) is 87.9 Å². The molecule has 3 heteroatoms. The molecule has 0 unspecified atom stereocenters. The Hall–Kier alpha value is -1.97. The first-order chi connectivity index (χ1) is 12.6. The molecule has 0 N–H and O–H groups in total. The molecule has 1 heterocycles. The number of halogens is 1. The van der Waals surface area contributed by atoms with Crippen LogP contribution < -0.4 is 4.90 Å². The fourth-order valence-electron chi connectivity index (χ4n) is 4.07. The molecule has 0 aromatic heterocycles. The highest BCUT2D eigenvalue weighted by Crippen LogP contribution is 2.51. The van der Waals surface area contributed by atoms with E-state index in [0.29, 0.717) is 0 Å². The number of hydrogen-bond donors (Lipinski definition) is 0. The second kappa shape index (κ2) is 5.77. The molecule has 0 radical (unpaired) electrons. The Balaban J connectivity index is 1.67. The first kappa shape index (κ1) is 16.2. The van der Waals surface area contributed by atoms with Crippen LogP contribution in [0, 0.1) is 0 Å². The number of anilines is 2. The summed E-state index contributed by atoms with van der Waals surface area (Å²) in [5.41, 5.74) is 7.95. The molecule has 128 valence electrons. The van der Waals surface area contributed by atoms with Gasteiger partial charge in [0.2, 0.25) is 0 Å². The number of rotatable bonds is 1. The monoisotopic (exact) mass is 419 g/mol. The predicted molar refractivity (Wildman–Crippen MR) is 115 cm³/mol. The van der Waals surface area contributed by atoms with Gasteiger partial charge < -0.3 is 4.90 Å². The molecule has 2 aliphatic rings. The zero-order valence-electron chi connectivity index (χ0n) is 14.7. The largest absolute Gasteiger partial charge is 0.316 e. The second-order valence-corrected chi connectivity index (χ2v) is 9.15. The maximum atomic E-state index is 3.64. The summed E-state index contributed by atoms with van der Waals surface area (Å²) in [5.74, 6) is 0.